The van der Waals surface area contributed by atoms with Gasteiger partial charge in [0.1, 0.15) is 0 Å². The van der Waals surface area contributed by atoms with Gasteiger partial charge in [-0.25, -0.2) is 0 Å². The smallest absolute Gasteiger partial charge is 0 e. The molecule has 0 bridgehead atoms. The summed E-state index contributed by atoms with van der Waals surface area (Å²) in [6.45, 7) is 47.9. The molecular weight excluding hydrogens is 1170 g/mol. The molecule has 12 heteroatoms. The number of hydrogen-bond acceptors (Lipinski definition) is 8. The SMILES string of the molecule is CC(C)(C)c1cc([O-])c([O-])c(C(C)(C)C)c1.CC(C)(C)c1cc([O-])c([O-])c(C(C)(C)C)c1.CC(C)(C)c1cc([O-])c([O-])c(C(C)(C)C)c1.CC(C)(C)c1cc([O-])c([O-])c(C(C)(C)C)c1.[Mo].[Mo].[O-2].[O-2].c1ccccc1.c1ccccc1. The van der Waals surface area contributed by atoms with Gasteiger partial charge in [-0.3, -0.25) is 0 Å². The molecule has 6 rings (SSSR count). The summed E-state index contributed by atoms with van der Waals surface area (Å²) >= 11 is 0. The molecule has 0 fully saturated rings. The molecule has 0 saturated carbocycles. The first-order chi connectivity index (χ1) is 34.1. The van der Waals surface area contributed by atoms with Gasteiger partial charge in [0.25, 0.3) is 0 Å². The van der Waals surface area contributed by atoms with Crippen LogP contribution in [0.15, 0.2) is 121 Å². The maximum absolute atomic E-state index is 11.8. The standard InChI is InChI=1S/4C14H22O2.2C6H6.2Mo.2O/c4*1-13(2,3)9-7-10(14(4,5)6)12(16)11(15)8-9;2*1-2-4-6-5-3-1;;;;/h4*7-8,15-16H,1-6H3;2*1-6H;;;;/q;;;;;;;;2*-2/p-8. The maximum atomic E-state index is 11.8. The first-order valence-electron chi connectivity index (χ1n) is 26.3. The minimum atomic E-state index is -0.391. The normalized spacial score (nSPS) is 11.5. The van der Waals surface area contributed by atoms with Crippen LogP contribution in [0, 0.1) is 0 Å². The van der Waals surface area contributed by atoms with Crippen molar-refractivity contribution in [1.29, 1.82) is 0 Å². The Kier molecular flexibility index (Phi) is 32.6. The Labute approximate surface area is 512 Å². The Bertz CT molecular complexity index is 2330. The van der Waals surface area contributed by atoms with E-state index in [2.05, 4.69) is 0 Å². The zero-order valence-electron chi connectivity index (χ0n) is 52.4. The van der Waals surface area contributed by atoms with E-state index in [1.54, 1.807) is 0 Å². The second kappa shape index (κ2) is 32.0. The Morgan fingerprint density at radius 3 is 0.400 bits per heavy atom. The molecule has 6 aromatic rings. The van der Waals surface area contributed by atoms with Gasteiger partial charge in [-0.2, -0.15) is 0 Å². The zero-order chi connectivity index (χ0) is 59.4. The van der Waals surface area contributed by atoms with Crippen LogP contribution in [0.4, 0.5) is 0 Å². The fourth-order valence-electron chi connectivity index (χ4n) is 7.14. The van der Waals surface area contributed by atoms with Crippen LogP contribution in [0.1, 0.15) is 211 Å². The molecule has 0 N–H and O–H groups in total. The van der Waals surface area contributed by atoms with E-state index in [1.807, 2.05) is 263 Å². The largest absolute Gasteiger partial charge is 2.00 e. The molecule has 0 saturated heterocycles. The van der Waals surface area contributed by atoms with E-state index in [1.165, 1.54) is 24.3 Å². The van der Waals surface area contributed by atoms with Crippen molar-refractivity contribution >= 4 is 0 Å². The van der Waals surface area contributed by atoms with E-state index < -0.39 is 23.0 Å². The molecule has 0 radical (unpaired) electrons. The molecular formula is C68H92Mo2O10-12. The predicted octanol–water partition coefficient (Wildman–Crippen LogP) is 12.8. The van der Waals surface area contributed by atoms with Gasteiger partial charge in [0.05, 0.1) is 0 Å². The molecule has 0 spiro atoms. The molecule has 6 aromatic carbocycles. The molecule has 0 heterocycles. The van der Waals surface area contributed by atoms with E-state index >= 15 is 0 Å². The monoisotopic (exact) mass is 1260 g/mol. The van der Waals surface area contributed by atoms with Gasteiger partial charge >= 0.3 is 0 Å². The van der Waals surface area contributed by atoms with Gasteiger partial charge in [0.2, 0.25) is 0 Å². The molecule has 0 aliphatic heterocycles. The van der Waals surface area contributed by atoms with Gasteiger partial charge < -0.3 is 51.8 Å². The van der Waals surface area contributed by atoms with Crippen LogP contribution in [0.3, 0.4) is 0 Å². The molecule has 0 atom stereocenters. The van der Waals surface area contributed by atoms with Crippen LogP contribution in [-0.4, -0.2) is 0 Å². The fourth-order valence-corrected chi connectivity index (χ4v) is 7.14. The van der Waals surface area contributed by atoms with Gasteiger partial charge in [-0.05, 0) is 65.6 Å². The van der Waals surface area contributed by atoms with Crippen LogP contribution < -0.4 is 40.9 Å². The summed E-state index contributed by atoms with van der Waals surface area (Å²) in [5, 5.41) is 93.7. The van der Waals surface area contributed by atoms with Gasteiger partial charge in [-0.15, -0.1) is 46.0 Å². The van der Waals surface area contributed by atoms with Crippen LogP contribution in [0.25, 0.3) is 0 Å². The molecule has 448 valence electrons. The Morgan fingerprint density at radius 2 is 0.312 bits per heavy atom. The number of hydrogen-bond donors (Lipinski definition) is 0. The average Bonchev–Trinajstić information content (AvgIpc) is 3.26. The number of benzene rings is 6. The summed E-state index contributed by atoms with van der Waals surface area (Å²) in [6, 6.07) is 37.4. The summed E-state index contributed by atoms with van der Waals surface area (Å²) in [6.07, 6.45) is 0. The van der Waals surface area contributed by atoms with E-state index in [9.17, 15) is 40.9 Å². The maximum Gasteiger partial charge on any atom is 0 e. The summed E-state index contributed by atoms with van der Waals surface area (Å²) in [5.41, 5.74) is 4.65. The van der Waals surface area contributed by atoms with Crippen LogP contribution in [0.5, 0.6) is 46.0 Å². The van der Waals surface area contributed by atoms with Crippen molar-refractivity contribution in [3.63, 3.8) is 0 Å². The molecule has 0 aliphatic rings. The molecule has 0 aromatic heterocycles. The summed E-state index contributed by atoms with van der Waals surface area (Å²) < 4.78 is 0. The minimum absolute atomic E-state index is 0. The van der Waals surface area contributed by atoms with Crippen molar-refractivity contribution in [3.8, 4) is 46.0 Å². The van der Waals surface area contributed by atoms with E-state index in [-0.39, 0.29) is 119 Å². The molecule has 10 nitrogen and oxygen atoms in total. The van der Waals surface area contributed by atoms with Crippen molar-refractivity contribution < 1.29 is 93.9 Å². The molecule has 0 amide bonds. The van der Waals surface area contributed by atoms with Gasteiger partial charge in [-0.1, -0.05) is 310 Å². The Balaban J connectivity index is -0.000000442. The van der Waals surface area contributed by atoms with Crippen molar-refractivity contribution in [2.45, 2.75) is 209 Å². The summed E-state index contributed by atoms with van der Waals surface area (Å²) in [4.78, 5) is 0. The third kappa shape index (κ3) is 26.7. The Hall–Kier alpha value is -4.98. The topological polar surface area (TPSA) is 241 Å². The van der Waals surface area contributed by atoms with Crippen molar-refractivity contribution in [3.05, 3.63) is 166 Å². The average molecular weight is 1260 g/mol. The van der Waals surface area contributed by atoms with Crippen LogP contribution >= 0.6 is 0 Å². The second-order valence-corrected chi connectivity index (χ2v) is 27.7. The Morgan fingerprint density at radius 1 is 0.200 bits per heavy atom. The third-order valence-corrected chi connectivity index (χ3v) is 12.2. The number of rotatable bonds is 0. The molecule has 0 unspecified atom stereocenters. The first-order valence-corrected chi connectivity index (χ1v) is 26.3. The van der Waals surface area contributed by atoms with Gasteiger partial charge in [0.15, 0.2) is 0 Å². The summed E-state index contributed by atoms with van der Waals surface area (Å²) in [7, 11) is 0. The van der Waals surface area contributed by atoms with E-state index in [0.717, 1.165) is 22.3 Å². The van der Waals surface area contributed by atoms with Crippen molar-refractivity contribution in [1.82, 2.24) is 0 Å². The summed E-state index contributed by atoms with van der Waals surface area (Å²) in [5.74, 6) is -3.01. The van der Waals surface area contributed by atoms with Crippen molar-refractivity contribution in [2.75, 3.05) is 0 Å². The second-order valence-electron chi connectivity index (χ2n) is 27.7. The van der Waals surface area contributed by atoms with Crippen LogP contribution in [0.2, 0.25) is 0 Å². The van der Waals surface area contributed by atoms with Crippen LogP contribution in [-0.2, 0) is 96.4 Å². The van der Waals surface area contributed by atoms with E-state index in [4.69, 9.17) is 0 Å². The zero-order valence-corrected chi connectivity index (χ0v) is 56.5. The van der Waals surface area contributed by atoms with E-state index in [0.29, 0.717) is 22.3 Å². The third-order valence-electron chi connectivity index (χ3n) is 12.2. The van der Waals surface area contributed by atoms with Gasteiger partial charge in [0, 0.05) is 42.1 Å². The van der Waals surface area contributed by atoms with Crippen molar-refractivity contribution in [2.24, 2.45) is 0 Å². The fraction of sp³-hybridized carbons (Fsp3) is 0.471. The molecule has 0 aliphatic carbocycles. The molecule has 80 heavy (non-hydrogen) atoms. The minimum Gasteiger partial charge on any atom is -2.00 e. The predicted molar refractivity (Wildman–Crippen MR) is 305 cm³/mol. The quantitative estimate of drug-likeness (QED) is 0.132. The first kappa shape index (κ1) is 81.5.